The number of benzene rings is 2. The monoisotopic (exact) mass is 399 g/mol. The average Bonchev–Trinajstić information content (AvgIpc) is 3.03. The number of nitrogens with one attached hydrogen (secondary N) is 2. The van der Waals surface area contributed by atoms with Gasteiger partial charge in [-0.15, -0.1) is 0 Å². The summed E-state index contributed by atoms with van der Waals surface area (Å²) in [6.45, 7) is 4.21. The van der Waals surface area contributed by atoms with Crippen LogP contribution >= 0.6 is 0 Å². The quantitative estimate of drug-likeness (QED) is 0.696. The highest BCUT2D eigenvalue weighted by Crippen LogP contribution is 2.24. The molecule has 3 rings (SSSR count). The van der Waals surface area contributed by atoms with Gasteiger partial charge < -0.3 is 0 Å². The summed E-state index contributed by atoms with van der Waals surface area (Å²) in [6, 6.07) is 12.9. The Balaban J connectivity index is 1.76. The van der Waals surface area contributed by atoms with Gasteiger partial charge in [-0.05, 0) is 18.2 Å². The molecule has 1 aliphatic carbocycles. The summed E-state index contributed by atoms with van der Waals surface area (Å²) in [5.74, 6) is -0.644. The molecule has 2 aromatic rings. The minimum atomic E-state index is -3.66. The number of hydrazine groups is 1. The lowest BCUT2D eigenvalue weighted by atomic mass is 10.1. The molecule has 0 atom stereocenters. The molecule has 7 nitrogen and oxygen atoms in total. The van der Waals surface area contributed by atoms with Crippen molar-refractivity contribution in [2.75, 3.05) is 13.1 Å². The van der Waals surface area contributed by atoms with Gasteiger partial charge in [0.15, 0.2) is 5.78 Å². The van der Waals surface area contributed by atoms with Crippen molar-refractivity contribution in [1.82, 2.24) is 15.2 Å². The number of rotatable bonds is 7. The molecule has 0 heterocycles. The zero-order valence-electron chi connectivity index (χ0n) is 15.6. The molecule has 8 heteroatoms. The van der Waals surface area contributed by atoms with Crippen molar-refractivity contribution in [1.29, 1.82) is 0 Å². The van der Waals surface area contributed by atoms with E-state index in [-0.39, 0.29) is 16.2 Å². The number of hydrogen-bond acceptors (Lipinski definition) is 5. The van der Waals surface area contributed by atoms with Crippen molar-refractivity contribution in [2.24, 2.45) is 0 Å². The van der Waals surface area contributed by atoms with Crippen molar-refractivity contribution in [2.45, 2.75) is 18.7 Å². The first-order chi connectivity index (χ1) is 13.4. The molecule has 0 spiro atoms. The molecular weight excluding hydrogens is 378 g/mol. The van der Waals surface area contributed by atoms with Crippen LogP contribution in [-0.4, -0.2) is 37.5 Å². The molecule has 0 unspecified atom stereocenters. The standard InChI is InChI=1S/C20H21N3O4S/c1-3-23(4-2)28(26,27)15-9-7-8-14(12-15)20(25)22-21-18-13-19(24)17-11-6-5-10-16(17)18/h5-13,21H,3-4H2,1-2H3,(H,22,25). The van der Waals surface area contributed by atoms with Gasteiger partial charge in [0.25, 0.3) is 5.91 Å². The Hall–Kier alpha value is -2.97. The van der Waals surface area contributed by atoms with Crippen LogP contribution in [0.2, 0.25) is 0 Å². The van der Waals surface area contributed by atoms with E-state index in [4.69, 9.17) is 0 Å². The van der Waals surface area contributed by atoms with E-state index >= 15 is 0 Å². The summed E-state index contributed by atoms with van der Waals surface area (Å²) < 4.78 is 26.6. The van der Waals surface area contributed by atoms with Crippen LogP contribution in [0.4, 0.5) is 0 Å². The number of carbonyl (C=O) groups is 2. The fraction of sp³-hybridized carbons (Fsp3) is 0.200. The predicted octanol–water partition coefficient (Wildman–Crippen LogP) is 2.19. The van der Waals surface area contributed by atoms with Crippen LogP contribution in [-0.2, 0) is 10.0 Å². The number of ketones is 1. The van der Waals surface area contributed by atoms with Crippen molar-refractivity contribution < 1.29 is 18.0 Å². The second-order valence-electron chi connectivity index (χ2n) is 6.16. The number of sulfonamides is 1. The van der Waals surface area contributed by atoms with Crippen LogP contribution in [0.25, 0.3) is 5.70 Å². The highest BCUT2D eigenvalue weighted by molar-refractivity contribution is 7.89. The van der Waals surface area contributed by atoms with E-state index in [2.05, 4.69) is 10.9 Å². The van der Waals surface area contributed by atoms with Gasteiger partial charge >= 0.3 is 0 Å². The molecule has 0 saturated carbocycles. The van der Waals surface area contributed by atoms with E-state index in [1.54, 1.807) is 38.1 Å². The van der Waals surface area contributed by atoms with Gasteiger partial charge in [-0.25, -0.2) is 8.42 Å². The molecule has 0 aromatic heterocycles. The van der Waals surface area contributed by atoms with Crippen molar-refractivity contribution in [3.8, 4) is 0 Å². The third kappa shape index (κ3) is 3.69. The Kier molecular flexibility index (Phi) is 5.62. The number of amides is 1. The molecule has 0 radical (unpaired) electrons. The maximum Gasteiger partial charge on any atom is 0.269 e. The van der Waals surface area contributed by atoms with E-state index in [1.807, 2.05) is 0 Å². The highest BCUT2D eigenvalue weighted by Gasteiger charge is 2.23. The molecule has 1 amide bonds. The molecule has 0 bridgehead atoms. The van der Waals surface area contributed by atoms with E-state index in [1.165, 1.54) is 34.6 Å². The van der Waals surface area contributed by atoms with Crippen LogP contribution in [0.15, 0.2) is 59.5 Å². The van der Waals surface area contributed by atoms with Crippen LogP contribution in [0.5, 0.6) is 0 Å². The molecule has 2 aromatic carbocycles. The molecule has 146 valence electrons. The van der Waals surface area contributed by atoms with Crippen molar-refractivity contribution in [3.05, 3.63) is 71.3 Å². The summed E-state index contributed by atoms with van der Waals surface area (Å²) in [4.78, 5) is 24.5. The molecule has 28 heavy (non-hydrogen) atoms. The highest BCUT2D eigenvalue weighted by atomic mass is 32.2. The average molecular weight is 399 g/mol. The molecule has 0 saturated heterocycles. The van der Waals surface area contributed by atoms with Gasteiger partial charge in [-0.1, -0.05) is 44.2 Å². The summed E-state index contributed by atoms with van der Waals surface area (Å²) in [6.07, 6.45) is 1.41. The van der Waals surface area contributed by atoms with Gasteiger partial charge in [-0.3, -0.25) is 20.4 Å². The predicted molar refractivity (Wildman–Crippen MR) is 106 cm³/mol. The van der Waals surface area contributed by atoms with E-state index < -0.39 is 15.9 Å². The zero-order chi connectivity index (χ0) is 20.3. The second kappa shape index (κ2) is 7.95. The lowest BCUT2D eigenvalue weighted by Gasteiger charge is -2.18. The van der Waals surface area contributed by atoms with Crippen molar-refractivity contribution in [3.63, 3.8) is 0 Å². The van der Waals surface area contributed by atoms with E-state index in [0.29, 0.717) is 29.9 Å². The lowest BCUT2D eigenvalue weighted by molar-refractivity contribution is 0.0941. The first kappa shape index (κ1) is 19.8. The lowest BCUT2D eigenvalue weighted by Crippen LogP contribution is -2.36. The van der Waals surface area contributed by atoms with Gasteiger partial charge in [0, 0.05) is 35.9 Å². The van der Waals surface area contributed by atoms with E-state index in [9.17, 15) is 18.0 Å². The normalized spacial score (nSPS) is 13.2. The minimum absolute atomic E-state index is 0.0597. The maximum absolute atomic E-state index is 12.6. The Labute approximate surface area is 164 Å². The van der Waals surface area contributed by atoms with Gasteiger partial charge in [0.1, 0.15) is 0 Å². The number of allylic oxidation sites excluding steroid dienone is 1. The van der Waals surface area contributed by atoms with Crippen molar-refractivity contribution >= 4 is 27.4 Å². The topological polar surface area (TPSA) is 95.6 Å². The van der Waals surface area contributed by atoms with Gasteiger partial charge in [0.2, 0.25) is 10.0 Å². The third-order valence-electron chi connectivity index (χ3n) is 4.51. The fourth-order valence-electron chi connectivity index (χ4n) is 3.03. The summed E-state index contributed by atoms with van der Waals surface area (Å²) in [5.41, 5.74) is 7.21. The summed E-state index contributed by atoms with van der Waals surface area (Å²) in [7, 11) is -3.66. The summed E-state index contributed by atoms with van der Waals surface area (Å²) >= 11 is 0. The maximum atomic E-state index is 12.6. The summed E-state index contributed by atoms with van der Waals surface area (Å²) in [5, 5.41) is 0. The number of fused-ring (bicyclic) bond motifs is 1. The molecule has 0 aliphatic heterocycles. The van der Waals surface area contributed by atoms with Crippen LogP contribution in [0.1, 0.15) is 40.1 Å². The Morgan fingerprint density at radius 3 is 2.36 bits per heavy atom. The van der Waals surface area contributed by atoms with E-state index in [0.717, 1.165) is 0 Å². The molecule has 0 fully saturated rings. The number of carbonyl (C=O) groups excluding carboxylic acids is 2. The van der Waals surface area contributed by atoms with Gasteiger partial charge in [-0.2, -0.15) is 4.31 Å². The fourth-order valence-corrected chi connectivity index (χ4v) is 4.53. The second-order valence-corrected chi connectivity index (χ2v) is 8.10. The molecule has 2 N–H and O–H groups in total. The largest absolute Gasteiger partial charge is 0.298 e. The zero-order valence-corrected chi connectivity index (χ0v) is 16.4. The van der Waals surface area contributed by atoms with Crippen LogP contribution < -0.4 is 10.9 Å². The van der Waals surface area contributed by atoms with Gasteiger partial charge in [0.05, 0.1) is 10.6 Å². The third-order valence-corrected chi connectivity index (χ3v) is 6.55. The molecule has 1 aliphatic rings. The smallest absolute Gasteiger partial charge is 0.269 e. The van der Waals surface area contributed by atoms with Crippen LogP contribution in [0.3, 0.4) is 0 Å². The van der Waals surface area contributed by atoms with Crippen LogP contribution in [0, 0.1) is 0 Å². The number of nitrogens with zero attached hydrogens (tertiary/aromatic N) is 1. The first-order valence-corrected chi connectivity index (χ1v) is 10.3. The first-order valence-electron chi connectivity index (χ1n) is 8.90. The SMILES string of the molecule is CCN(CC)S(=O)(=O)c1cccc(C(=O)NNC2=CC(=O)c3ccccc32)c1. The number of hydrogen-bond donors (Lipinski definition) is 2. The minimum Gasteiger partial charge on any atom is -0.298 e. The molecular formula is C20H21N3O4S. The Morgan fingerprint density at radius 2 is 1.68 bits per heavy atom. The Bertz CT molecular complexity index is 1060. The Morgan fingerprint density at radius 1 is 1.00 bits per heavy atom.